The molecule has 0 aromatic rings. The molecule has 1 heterocycles. The summed E-state index contributed by atoms with van der Waals surface area (Å²) in [6.45, 7) is 9.13. The molecular formula is C16H30N2O3. The number of rotatable bonds is 5. The zero-order chi connectivity index (χ0) is 15.8. The van der Waals surface area contributed by atoms with Gasteiger partial charge in [0.05, 0.1) is 12.2 Å². The number of nitrogens with one attached hydrogen (secondary N) is 1. The molecule has 0 bridgehead atoms. The molecular weight excluding hydrogens is 268 g/mol. The van der Waals surface area contributed by atoms with Gasteiger partial charge in [-0.3, -0.25) is 4.79 Å². The lowest BCUT2D eigenvalue weighted by Gasteiger charge is -2.65. The first-order valence-corrected chi connectivity index (χ1v) is 8.08. The maximum Gasteiger partial charge on any atom is 0.241 e. The van der Waals surface area contributed by atoms with Crippen LogP contribution in [-0.4, -0.2) is 41.9 Å². The van der Waals surface area contributed by atoms with Gasteiger partial charge in [0.1, 0.15) is 5.54 Å². The summed E-state index contributed by atoms with van der Waals surface area (Å²) in [7, 11) is 0. The monoisotopic (exact) mass is 298 g/mol. The molecule has 0 aromatic carbocycles. The van der Waals surface area contributed by atoms with Crippen LogP contribution in [0.3, 0.4) is 0 Å². The van der Waals surface area contributed by atoms with Gasteiger partial charge in [-0.2, -0.15) is 0 Å². The number of amides is 1. The van der Waals surface area contributed by atoms with Crippen molar-refractivity contribution in [1.29, 1.82) is 0 Å². The fourth-order valence-electron chi connectivity index (χ4n) is 4.02. The van der Waals surface area contributed by atoms with Gasteiger partial charge in [0.25, 0.3) is 0 Å². The van der Waals surface area contributed by atoms with E-state index in [-0.39, 0.29) is 29.9 Å². The Kier molecular flexibility index (Phi) is 4.66. The van der Waals surface area contributed by atoms with E-state index < -0.39 is 11.6 Å². The van der Waals surface area contributed by atoms with Crippen LogP contribution in [0.4, 0.5) is 0 Å². The van der Waals surface area contributed by atoms with Crippen molar-refractivity contribution >= 4 is 5.91 Å². The standard InChI is InChI=1S/C16H30N2O3/c1-10(2)8-11(19)9-18-14(20)16(17)12-6-5-7-21-13(12)15(16,3)4/h10-13,19H,5-9,17H2,1-4H3,(H,18,20). The Labute approximate surface area is 127 Å². The van der Waals surface area contributed by atoms with E-state index in [9.17, 15) is 9.90 Å². The summed E-state index contributed by atoms with van der Waals surface area (Å²) in [6.07, 6.45) is 2.13. The molecule has 5 heteroatoms. The lowest BCUT2D eigenvalue weighted by Crippen LogP contribution is -2.82. The Morgan fingerprint density at radius 2 is 2.14 bits per heavy atom. The lowest BCUT2D eigenvalue weighted by molar-refractivity contribution is -0.225. The molecule has 5 nitrogen and oxygen atoms in total. The third kappa shape index (κ3) is 2.71. The molecule has 0 aromatic heterocycles. The van der Waals surface area contributed by atoms with Gasteiger partial charge >= 0.3 is 0 Å². The Hall–Kier alpha value is -0.650. The summed E-state index contributed by atoms with van der Waals surface area (Å²) in [5, 5.41) is 12.8. The summed E-state index contributed by atoms with van der Waals surface area (Å²) < 4.78 is 5.81. The van der Waals surface area contributed by atoms with E-state index in [4.69, 9.17) is 10.5 Å². The second-order valence-corrected chi connectivity index (χ2v) is 7.62. The highest BCUT2D eigenvalue weighted by Gasteiger charge is 2.70. The highest BCUT2D eigenvalue weighted by Crippen LogP contribution is 2.57. The molecule has 21 heavy (non-hydrogen) atoms. The van der Waals surface area contributed by atoms with Gasteiger partial charge in [-0.25, -0.2) is 0 Å². The number of carbonyl (C=O) groups is 1. The minimum atomic E-state index is -0.893. The van der Waals surface area contributed by atoms with Crippen molar-refractivity contribution in [2.75, 3.05) is 13.2 Å². The van der Waals surface area contributed by atoms with Gasteiger partial charge in [0, 0.05) is 24.5 Å². The molecule has 1 saturated carbocycles. The maximum atomic E-state index is 12.6. The molecule has 4 N–H and O–H groups in total. The maximum absolute atomic E-state index is 12.6. The number of fused-ring (bicyclic) bond motifs is 1. The normalized spacial score (nSPS) is 35.8. The largest absolute Gasteiger partial charge is 0.391 e. The average molecular weight is 298 g/mol. The molecule has 1 aliphatic carbocycles. The number of aliphatic hydroxyl groups is 1. The number of carbonyl (C=O) groups excluding carboxylic acids is 1. The van der Waals surface area contributed by atoms with Crippen molar-refractivity contribution in [2.45, 2.75) is 64.7 Å². The zero-order valence-electron chi connectivity index (χ0n) is 13.7. The minimum absolute atomic E-state index is 0.0718. The van der Waals surface area contributed by atoms with E-state index in [0.29, 0.717) is 12.3 Å². The van der Waals surface area contributed by atoms with Gasteiger partial charge in [0.15, 0.2) is 0 Å². The number of hydrogen-bond donors (Lipinski definition) is 3. The van der Waals surface area contributed by atoms with Gasteiger partial charge in [-0.1, -0.05) is 27.7 Å². The third-order valence-corrected chi connectivity index (χ3v) is 5.30. The Morgan fingerprint density at radius 3 is 2.76 bits per heavy atom. The molecule has 4 unspecified atom stereocenters. The topological polar surface area (TPSA) is 84.6 Å². The average Bonchev–Trinajstić information content (AvgIpc) is 2.43. The number of hydrogen-bond acceptors (Lipinski definition) is 4. The van der Waals surface area contributed by atoms with Gasteiger partial charge in [-0.05, 0) is 25.2 Å². The first-order chi connectivity index (χ1) is 9.71. The highest BCUT2D eigenvalue weighted by atomic mass is 16.5. The molecule has 4 atom stereocenters. The van der Waals surface area contributed by atoms with Crippen LogP contribution in [0.2, 0.25) is 0 Å². The number of nitrogens with two attached hydrogens (primary N) is 1. The van der Waals surface area contributed by atoms with E-state index in [0.717, 1.165) is 19.4 Å². The quantitative estimate of drug-likeness (QED) is 0.708. The first-order valence-electron chi connectivity index (χ1n) is 8.08. The van der Waals surface area contributed by atoms with Crippen LogP contribution < -0.4 is 11.1 Å². The van der Waals surface area contributed by atoms with Crippen molar-refractivity contribution in [3.63, 3.8) is 0 Å². The number of aliphatic hydroxyl groups excluding tert-OH is 1. The van der Waals surface area contributed by atoms with E-state index in [2.05, 4.69) is 19.2 Å². The molecule has 2 aliphatic rings. The van der Waals surface area contributed by atoms with Crippen molar-refractivity contribution in [3.8, 4) is 0 Å². The second-order valence-electron chi connectivity index (χ2n) is 7.62. The molecule has 2 rings (SSSR count). The van der Waals surface area contributed by atoms with Gasteiger partial charge < -0.3 is 20.9 Å². The van der Waals surface area contributed by atoms with E-state index >= 15 is 0 Å². The van der Waals surface area contributed by atoms with Crippen molar-refractivity contribution in [3.05, 3.63) is 0 Å². The van der Waals surface area contributed by atoms with Crippen molar-refractivity contribution in [2.24, 2.45) is 23.0 Å². The van der Waals surface area contributed by atoms with Crippen LogP contribution in [0.25, 0.3) is 0 Å². The van der Waals surface area contributed by atoms with Crippen LogP contribution in [0, 0.1) is 17.3 Å². The summed E-state index contributed by atoms with van der Waals surface area (Å²) in [6, 6.07) is 0. The second kappa shape index (κ2) is 5.86. The molecule has 1 saturated heterocycles. The molecule has 0 radical (unpaired) electrons. The molecule has 1 aliphatic heterocycles. The number of ether oxygens (including phenoxy) is 1. The Bertz CT molecular complexity index is 397. The zero-order valence-corrected chi connectivity index (χ0v) is 13.7. The van der Waals surface area contributed by atoms with Gasteiger partial charge in [0.2, 0.25) is 5.91 Å². The fourth-order valence-corrected chi connectivity index (χ4v) is 4.02. The van der Waals surface area contributed by atoms with E-state index in [1.807, 2.05) is 13.8 Å². The summed E-state index contributed by atoms with van der Waals surface area (Å²) >= 11 is 0. The molecule has 122 valence electrons. The Balaban J connectivity index is 1.97. The van der Waals surface area contributed by atoms with Gasteiger partial charge in [-0.15, -0.1) is 0 Å². The lowest BCUT2D eigenvalue weighted by atomic mass is 9.46. The summed E-state index contributed by atoms with van der Waals surface area (Å²) in [5.74, 6) is 0.338. The minimum Gasteiger partial charge on any atom is -0.391 e. The predicted octanol–water partition coefficient (Wildman–Crippen LogP) is 1.04. The van der Waals surface area contributed by atoms with E-state index in [1.165, 1.54) is 0 Å². The predicted molar refractivity (Wildman–Crippen MR) is 81.6 cm³/mol. The molecule has 2 fully saturated rings. The van der Waals surface area contributed by atoms with Crippen LogP contribution >= 0.6 is 0 Å². The Morgan fingerprint density at radius 1 is 1.48 bits per heavy atom. The summed E-state index contributed by atoms with van der Waals surface area (Å²) in [4.78, 5) is 12.6. The molecule has 1 amide bonds. The van der Waals surface area contributed by atoms with Crippen LogP contribution in [0.1, 0.15) is 47.0 Å². The van der Waals surface area contributed by atoms with Crippen molar-refractivity contribution in [1.82, 2.24) is 5.32 Å². The fraction of sp³-hybridized carbons (Fsp3) is 0.938. The first kappa shape index (κ1) is 16.7. The highest BCUT2D eigenvalue weighted by molar-refractivity contribution is 5.89. The van der Waals surface area contributed by atoms with Crippen molar-refractivity contribution < 1.29 is 14.6 Å². The smallest absolute Gasteiger partial charge is 0.241 e. The van der Waals surface area contributed by atoms with Crippen LogP contribution in [-0.2, 0) is 9.53 Å². The SMILES string of the molecule is CC(C)CC(O)CNC(=O)C1(N)C2CCCOC2C1(C)C. The molecule has 0 spiro atoms. The van der Waals surface area contributed by atoms with Crippen LogP contribution in [0.15, 0.2) is 0 Å². The van der Waals surface area contributed by atoms with Crippen LogP contribution in [0.5, 0.6) is 0 Å². The van der Waals surface area contributed by atoms with E-state index in [1.54, 1.807) is 0 Å². The third-order valence-electron chi connectivity index (χ3n) is 5.30. The summed E-state index contributed by atoms with van der Waals surface area (Å²) in [5.41, 5.74) is 5.23.